The second-order valence-electron chi connectivity index (χ2n) is 3.61. The number of ether oxygens (including phenoxy) is 3. The number of benzene rings is 1. The van der Waals surface area contributed by atoms with Crippen LogP contribution in [0.4, 0.5) is 5.69 Å². The smallest absolute Gasteiger partial charge is 0.311 e. The lowest BCUT2D eigenvalue weighted by Gasteiger charge is -2.02. The van der Waals surface area contributed by atoms with Gasteiger partial charge in [0, 0.05) is 5.71 Å². The Balaban J connectivity index is 2.21. The molecule has 0 atom stereocenters. The quantitative estimate of drug-likeness (QED) is 0.594. The molecule has 1 heterocycles. The van der Waals surface area contributed by atoms with Gasteiger partial charge < -0.3 is 14.2 Å². The molecule has 1 aromatic rings. The number of esters is 1. The van der Waals surface area contributed by atoms with Crippen molar-refractivity contribution in [3.8, 4) is 11.5 Å². The monoisotopic (exact) mass is 235 g/mol. The number of methoxy groups -OCH3 is 1. The lowest BCUT2D eigenvalue weighted by molar-refractivity contribution is -0.139. The summed E-state index contributed by atoms with van der Waals surface area (Å²) in [6, 6.07) is 5.46. The second-order valence-corrected chi connectivity index (χ2v) is 3.61. The van der Waals surface area contributed by atoms with Crippen LogP contribution >= 0.6 is 0 Å². The van der Waals surface area contributed by atoms with Gasteiger partial charge in [-0.3, -0.25) is 9.79 Å². The molecule has 0 radical (unpaired) electrons. The van der Waals surface area contributed by atoms with Gasteiger partial charge >= 0.3 is 5.97 Å². The number of carbonyl (C=O) groups excluding carboxylic acids is 1. The van der Waals surface area contributed by atoms with E-state index in [0.717, 1.165) is 0 Å². The number of para-hydroxylation sites is 1. The molecule has 5 nitrogen and oxygen atoms in total. The minimum Gasteiger partial charge on any atom is -0.469 e. The van der Waals surface area contributed by atoms with Gasteiger partial charge in [-0.25, -0.2) is 0 Å². The second kappa shape index (κ2) is 4.86. The van der Waals surface area contributed by atoms with Gasteiger partial charge in [-0.2, -0.15) is 0 Å². The van der Waals surface area contributed by atoms with Crippen LogP contribution in [0.1, 0.15) is 13.3 Å². The van der Waals surface area contributed by atoms with E-state index in [1.54, 1.807) is 6.92 Å². The Morgan fingerprint density at radius 2 is 2.29 bits per heavy atom. The van der Waals surface area contributed by atoms with E-state index in [9.17, 15) is 4.79 Å². The van der Waals surface area contributed by atoms with E-state index < -0.39 is 0 Å². The predicted molar refractivity (Wildman–Crippen MR) is 62.0 cm³/mol. The molecule has 1 aromatic carbocycles. The van der Waals surface area contributed by atoms with Crippen LogP contribution in [0, 0.1) is 0 Å². The summed E-state index contributed by atoms with van der Waals surface area (Å²) in [5.74, 6) is 0.991. The molecular formula is C12H13NO4. The Kier molecular flexibility index (Phi) is 3.27. The van der Waals surface area contributed by atoms with Crippen LogP contribution in [-0.4, -0.2) is 25.6 Å². The highest BCUT2D eigenvalue weighted by Crippen LogP contribution is 2.40. The summed E-state index contributed by atoms with van der Waals surface area (Å²) < 4.78 is 15.1. The molecule has 0 aliphatic carbocycles. The summed E-state index contributed by atoms with van der Waals surface area (Å²) in [5, 5.41) is 0. The first-order valence-corrected chi connectivity index (χ1v) is 5.20. The van der Waals surface area contributed by atoms with Crippen molar-refractivity contribution in [2.75, 3.05) is 13.9 Å². The molecule has 0 fully saturated rings. The summed E-state index contributed by atoms with van der Waals surface area (Å²) in [5.41, 5.74) is 1.34. The highest BCUT2D eigenvalue weighted by molar-refractivity contribution is 5.99. The Morgan fingerprint density at radius 3 is 3.06 bits per heavy atom. The van der Waals surface area contributed by atoms with Gasteiger partial charge in [0.25, 0.3) is 0 Å². The first-order chi connectivity index (χ1) is 8.20. The molecule has 17 heavy (non-hydrogen) atoms. The largest absolute Gasteiger partial charge is 0.469 e. The first kappa shape index (κ1) is 11.4. The normalized spacial score (nSPS) is 13.6. The Hall–Kier alpha value is -2.04. The van der Waals surface area contributed by atoms with Crippen LogP contribution in [-0.2, 0) is 9.53 Å². The van der Waals surface area contributed by atoms with Gasteiger partial charge in [0.15, 0.2) is 11.5 Å². The lowest BCUT2D eigenvalue weighted by Crippen LogP contribution is -2.05. The third kappa shape index (κ3) is 2.55. The standard InChI is InChI=1S/C12H13NO4/c1-8(6-11(14)15-2)13-9-4-3-5-10-12(9)17-7-16-10/h3-5H,6-7H2,1-2H3. The minimum absolute atomic E-state index is 0.168. The third-order valence-electron chi connectivity index (χ3n) is 2.31. The van der Waals surface area contributed by atoms with E-state index in [1.807, 2.05) is 18.2 Å². The van der Waals surface area contributed by atoms with E-state index in [2.05, 4.69) is 9.73 Å². The molecule has 0 aromatic heterocycles. The average Bonchev–Trinajstić information content (AvgIpc) is 2.78. The van der Waals surface area contributed by atoms with E-state index in [1.165, 1.54) is 7.11 Å². The molecule has 5 heteroatoms. The molecule has 0 saturated carbocycles. The average molecular weight is 235 g/mol. The van der Waals surface area contributed by atoms with Crippen molar-refractivity contribution in [2.45, 2.75) is 13.3 Å². The molecular weight excluding hydrogens is 222 g/mol. The highest BCUT2D eigenvalue weighted by atomic mass is 16.7. The molecule has 0 N–H and O–H groups in total. The van der Waals surface area contributed by atoms with Crippen LogP contribution < -0.4 is 9.47 Å². The molecule has 1 aliphatic heterocycles. The maximum absolute atomic E-state index is 11.1. The number of fused-ring (bicyclic) bond motifs is 1. The number of nitrogens with zero attached hydrogens (tertiary/aromatic N) is 1. The Morgan fingerprint density at radius 1 is 1.47 bits per heavy atom. The van der Waals surface area contributed by atoms with Crippen LogP contribution in [0.3, 0.4) is 0 Å². The molecule has 1 aliphatic rings. The molecule has 90 valence electrons. The van der Waals surface area contributed by atoms with E-state index in [4.69, 9.17) is 9.47 Å². The topological polar surface area (TPSA) is 57.1 Å². The highest BCUT2D eigenvalue weighted by Gasteiger charge is 2.17. The fourth-order valence-corrected chi connectivity index (χ4v) is 1.53. The summed E-state index contributed by atoms with van der Waals surface area (Å²) in [4.78, 5) is 15.4. The summed E-state index contributed by atoms with van der Waals surface area (Å²) in [7, 11) is 1.35. The number of aliphatic imine (C=N–C) groups is 1. The maximum Gasteiger partial charge on any atom is 0.311 e. The van der Waals surface area contributed by atoms with Crippen molar-refractivity contribution in [1.82, 2.24) is 0 Å². The van der Waals surface area contributed by atoms with Gasteiger partial charge in [-0.15, -0.1) is 0 Å². The minimum atomic E-state index is -0.309. The molecule has 2 rings (SSSR count). The van der Waals surface area contributed by atoms with Crippen LogP contribution in [0.2, 0.25) is 0 Å². The fourth-order valence-electron chi connectivity index (χ4n) is 1.53. The molecule has 0 amide bonds. The summed E-state index contributed by atoms with van der Waals surface area (Å²) >= 11 is 0. The zero-order valence-corrected chi connectivity index (χ0v) is 9.73. The SMILES string of the molecule is COC(=O)CC(C)=Nc1cccc2c1OCO2. The lowest BCUT2D eigenvalue weighted by atomic mass is 10.2. The predicted octanol–water partition coefficient (Wildman–Crippen LogP) is 2.07. The number of hydrogen-bond acceptors (Lipinski definition) is 5. The van der Waals surface area contributed by atoms with E-state index in [-0.39, 0.29) is 19.2 Å². The van der Waals surface area contributed by atoms with Gasteiger partial charge in [0.1, 0.15) is 5.69 Å². The van der Waals surface area contributed by atoms with E-state index in [0.29, 0.717) is 22.9 Å². The number of hydrogen-bond donors (Lipinski definition) is 0. The van der Waals surface area contributed by atoms with Crippen LogP contribution in [0.25, 0.3) is 0 Å². The summed E-state index contributed by atoms with van der Waals surface area (Å²) in [6.07, 6.45) is 0.168. The fraction of sp³-hybridized carbons (Fsp3) is 0.333. The van der Waals surface area contributed by atoms with E-state index >= 15 is 0 Å². The van der Waals surface area contributed by atoms with Crippen molar-refractivity contribution < 1.29 is 19.0 Å². The van der Waals surface area contributed by atoms with Crippen molar-refractivity contribution in [3.05, 3.63) is 18.2 Å². The Bertz CT molecular complexity index is 468. The first-order valence-electron chi connectivity index (χ1n) is 5.20. The zero-order valence-electron chi connectivity index (χ0n) is 9.73. The number of carbonyl (C=O) groups is 1. The van der Waals surface area contributed by atoms with Gasteiger partial charge in [0.2, 0.25) is 6.79 Å². The zero-order chi connectivity index (χ0) is 12.3. The molecule has 0 bridgehead atoms. The molecule has 0 spiro atoms. The van der Waals surface area contributed by atoms with Gasteiger partial charge in [0.05, 0.1) is 13.5 Å². The molecule has 0 saturated heterocycles. The molecule has 0 unspecified atom stereocenters. The van der Waals surface area contributed by atoms with Gasteiger partial charge in [-0.1, -0.05) is 6.07 Å². The Labute approximate surface area is 99.0 Å². The van der Waals surface area contributed by atoms with Crippen LogP contribution in [0.15, 0.2) is 23.2 Å². The number of rotatable bonds is 3. The maximum atomic E-state index is 11.1. The van der Waals surface area contributed by atoms with Crippen LogP contribution in [0.5, 0.6) is 11.5 Å². The summed E-state index contributed by atoms with van der Waals surface area (Å²) in [6.45, 7) is 1.98. The van der Waals surface area contributed by atoms with Crippen molar-refractivity contribution in [1.29, 1.82) is 0 Å². The van der Waals surface area contributed by atoms with Crippen molar-refractivity contribution in [2.24, 2.45) is 4.99 Å². The van der Waals surface area contributed by atoms with Crippen molar-refractivity contribution in [3.63, 3.8) is 0 Å². The van der Waals surface area contributed by atoms with Gasteiger partial charge in [-0.05, 0) is 19.1 Å². The van der Waals surface area contributed by atoms with Crippen molar-refractivity contribution >= 4 is 17.4 Å². The third-order valence-corrected chi connectivity index (χ3v) is 2.31.